The van der Waals surface area contributed by atoms with Crippen LogP contribution in [0.1, 0.15) is 70.6 Å². The van der Waals surface area contributed by atoms with E-state index in [0.717, 1.165) is 36.4 Å². The molecular weight excluding hydrogens is 328 g/mol. The predicted molar refractivity (Wildman–Crippen MR) is 88.6 cm³/mol. The van der Waals surface area contributed by atoms with E-state index in [0.29, 0.717) is 11.8 Å². The normalized spacial score (nSPS) is 42.3. The Morgan fingerprint density at radius 3 is 1.95 bits per heavy atom. The summed E-state index contributed by atoms with van der Waals surface area (Å²) in [5, 5.41) is 11.2. The monoisotopic (exact) mass is 356 g/mol. The number of alkyl halides is 1. The molecule has 3 aliphatic rings. The van der Waals surface area contributed by atoms with E-state index in [2.05, 4.69) is 15.9 Å². The molecule has 0 aliphatic heterocycles. The van der Waals surface area contributed by atoms with Gasteiger partial charge < -0.3 is 5.11 Å². The summed E-state index contributed by atoms with van der Waals surface area (Å²) < 4.78 is 0. The van der Waals surface area contributed by atoms with Gasteiger partial charge in [0.05, 0.1) is 5.41 Å². The molecule has 4 atom stereocenters. The topological polar surface area (TPSA) is 37.3 Å². The van der Waals surface area contributed by atoms with Crippen LogP contribution in [0.4, 0.5) is 0 Å². The van der Waals surface area contributed by atoms with Crippen molar-refractivity contribution in [1.29, 1.82) is 0 Å². The Bertz CT molecular complexity index is 359. The fraction of sp³-hybridized carbons (Fsp3) is 0.944. The molecule has 21 heavy (non-hydrogen) atoms. The molecule has 1 N–H and O–H groups in total. The Kier molecular flexibility index (Phi) is 4.97. The van der Waals surface area contributed by atoms with Crippen LogP contribution in [0.2, 0.25) is 0 Å². The fourth-order valence-corrected chi connectivity index (χ4v) is 6.60. The van der Waals surface area contributed by atoms with Gasteiger partial charge in [0, 0.05) is 5.33 Å². The molecule has 3 saturated carbocycles. The average Bonchev–Trinajstić information content (AvgIpc) is 2.80. The number of halogens is 1. The Morgan fingerprint density at radius 2 is 1.48 bits per heavy atom. The predicted octanol–water partition coefficient (Wildman–Crippen LogP) is 5.25. The lowest BCUT2D eigenvalue weighted by Gasteiger charge is -2.40. The molecule has 2 nitrogen and oxygen atoms in total. The highest BCUT2D eigenvalue weighted by Gasteiger charge is 2.63. The SMILES string of the molecule is O=C(O)C1(CCCCBr)C2CCCCC2C2CCCCC21. The Morgan fingerprint density at radius 1 is 0.952 bits per heavy atom. The van der Waals surface area contributed by atoms with E-state index in [4.69, 9.17) is 0 Å². The lowest BCUT2D eigenvalue weighted by atomic mass is 9.63. The molecule has 3 rings (SSSR count). The Hall–Kier alpha value is -0.0500. The van der Waals surface area contributed by atoms with Gasteiger partial charge in [-0.1, -0.05) is 48.0 Å². The van der Waals surface area contributed by atoms with E-state index < -0.39 is 5.97 Å². The lowest BCUT2D eigenvalue weighted by Crippen LogP contribution is -2.43. The number of carboxylic acids is 1. The standard InChI is InChI=1S/C18H29BrO2/c19-12-6-5-11-18(17(20)21)15-9-3-1-7-13(15)14-8-2-4-10-16(14)18/h13-16H,1-12H2,(H,20,21). The summed E-state index contributed by atoms with van der Waals surface area (Å²) in [4.78, 5) is 12.4. The third-order valence-corrected chi connectivity index (χ3v) is 7.45. The van der Waals surface area contributed by atoms with E-state index in [1.165, 1.54) is 51.4 Å². The van der Waals surface area contributed by atoms with Crippen LogP contribution < -0.4 is 0 Å². The summed E-state index contributed by atoms with van der Waals surface area (Å²) in [5.41, 5.74) is -0.377. The Balaban J connectivity index is 1.91. The van der Waals surface area contributed by atoms with Crippen LogP contribution in [0.3, 0.4) is 0 Å². The molecule has 0 heterocycles. The summed E-state index contributed by atoms with van der Waals surface area (Å²) in [6, 6.07) is 0. The van der Waals surface area contributed by atoms with Crippen molar-refractivity contribution in [3.63, 3.8) is 0 Å². The van der Waals surface area contributed by atoms with Gasteiger partial charge in [-0.3, -0.25) is 4.79 Å². The van der Waals surface area contributed by atoms with Gasteiger partial charge in [-0.2, -0.15) is 0 Å². The maximum absolute atomic E-state index is 12.4. The second-order valence-electron chi connectivity index (χ2n) is 7.60. The number of aliphatic carboxylic acids is 1. The van der Waals surface area contributed by atoms with E-state index in [1.807, 2.05) is 0 Å². The van der Waals surface area contributed by atoms with E-state index in [9.17, 15) is 9.90 Å². The molecule has 0 spiro atoms. The highest BCUT2D eigenvalue weighted by molar-refractivity contribution is 9.09. The maximum atomic E-state index is 12.4. The van der Waals surface area contributed by atoms with Gasteiger partial charge in [-0.15, -0.1) is 0 Å². The highest BCUT2D eigenvalue weighted by atomic mass is 79.9. The molecule has 0 bridgehead atoms. The molecule has 0 aromatic heterocycles. The molecule has 3 heteroatoms. The van der Waals surface area contributed by atoms with E-state index >= 15 is 0 Å². The van der Waals surface area contributed by atoms with Crippen LogP contribution in [0.5, 0.6) is 0 Å². The number of hydrogen-bond donors (Lipinski definition) is 1. The number of carboxylic acid groups (broad SMARTS) is 1. The number of hydrogen-bond acceptors (Lipinski definition) is 1. The third kappa shape index (κ3) is 2.58. The van der Waals surface area contributed by atoms with Crippen molar-refractivity contribution in [3.8, 4) is 0 Å². The largest absolute Gasteiger partial charge is 0.481 e. The zero-order chi connectivity index (χ0) is 14.9. The van der Waals surface area contributed by atoms with Gasteiger partial charge in [-0.05, 0) is 62.2 Å². The van der Waals surface area contributed by atoms with E-state index in [1.54, 1.807) is 0 Å². The quantitative estimate of drug-likeness (QED) is 0.539. The van der Waals surface area contributed by atoms with E-state index in [-0.39, 0.29) is 5.41 Å². The zero-order valence-electron chi connectivity index (χ0n) is 13.0. The smallest absolute Gasteiger partial charge is 0.310 e. The van der Waals surface area contributed by atoms with Crippen molar-refractivity contribution < 1.29 is 9.90 Å². The molecule has 3 aliphatic carbocycles. The molecule has 4 unspecified atom stereocenters. The lowest BCUT2D eigenvalue weighted by molar-refractivity contribution is -0.157. The Labute approximate surface area is 137 Å². The minimum Gasteiger partial charge on any atom is -0.481 e. The molecule has 120 valence electrons. The minimum absolute atomic E-state index is 0.377. The average molecular weight is 357 g/mol. The van der Waals surface area contributed by atoms with Gasteiger partial charge in [-0.25, -0.2) is 0 Å². The highest BCUT2D eigenvalue weighted by Crippen LogP contribution is 2.65. The first-order valence-corrected chi connectivity index (χ1v) is 10.1. The van der Waals surface area contributed by atoms with Gasteiger partial charge in [0.2, 0.25) is 0 Å². The second-order valence-corrected chi connectivity index (χ2v) is 8.39. The summed E-state index contributed by atoms with van der Waals surface area (Å²) >= 11 is 3.50. The van der Waals surface area contributed by atoms with Crippen LogP contribution in [0.25, 0.3) is 0 Å². The van der Waals surface area contributed by atoms with Crippen molar-refractivity contribution in [3.05, 3.63) is 0 Å². The molecule has 0 radical (unpaired) electrons. The second kappa shape index (κ2) is 6.60. The minimum atomic E-state index is -0.455. The third-order valence-electron chi connectivity index (χ3n) is 6.88. The first-order chi connectivity index (χ1) is 10.2. The number of carbonyl (C=O) groups is 1. The van der Waals surface area contributed by atoms with Crippen molar-refractivity contribution >= 4 is 21.9 Å². The van der Waals surface area contributed by atoms with Gasteiger partial charge in [0.1, 0.15) is 0 Å². The van der Waals surface area contributed by atoms with Crippen LogP contribution >= 0.6 is 15.9 Å². The van der Waals surface area contributed by atoms with Crippen molar-refractivity contribution in [2.24, 2.45) is 29.1 Å². The van der Waals surface area contributed by atoms with Crippen molar-refractivity contribution in [2.45, 2.75) is 70.6 Å². The molecular formula is C18H29BrO2. The van der Waals surface area contributed by atoms with Crippen LogP contribution in [-0.4, -0.2) is 16.4 Å². The van der Waals surface area contributed by atoms with Crippen LogP contribution in [-0.2, 0) is 4.79 Å². The number of unbranched alkanes of at least 4 members (excludes halogenated alkanes) is 1. The summed E-state index contributed by atoms with van der Waals surface area (Å²) in [6.07, 6.45) is 13.3. The molecule has 0 amide bonds. The van der Waals surface area contributed by atoms with Gasteiger partial charge in [0.15, 0.2) is 0 Å². The van der Waals surface area contributed by atoms with Crippen molar-refractivity contribution in [1.82, 2.24) is 0 Å². The van der Waals surface area contributed by atoms with Gasteiger partial charge in [0.25, 0.3) is 0 Å². The molecule has 0 aromatic carbocycles. The van der Waals surface area contributed by atoms with Crippen LogP contribution in [0.15, 0.2) is 0 Å². The number of fused-ring (bicyclic) bond motifs is 3. The number of rotatable bonds is 5. The molecule has 0 aromatic rings. The first-order valence-electron chi connectivity index (χ1n) is 9.01. The molecule has 0 saturated heterocycles. The maximum Gasteiger partial charge on any atom is 0.310 e. The first kappa shape index (κ1) is 15.8. The zero-order valence-corrected chi connectivity index (χ0v) is 14.6. The molecule has 3 fully saturated rings. The fourth-order valence-electron chi connectivity index (χ4n) is 6.21. The summed E-state index contributed by atoms with van der Waals surface area (Å²) in [7, 11) is 0. The summed E-state index contributed by atoms with van der Waals surface area (Å²) in [6.45, 7) is 0. The summed E-state index contributed by atoms with van der Waals surface area (Å²) in [5.74, 6) is 1.95. The van der Waals surface area contributed by atoms with Crippen molar-refractivity contribution in [2.75, 3.05) is 5.33 Å². The van der Waals surface area contributed by atoms with Crippen LogP contribution in [0, 0.1) is 29.1 Å². The van der Waals surface area contributed by atoms with Gasteiger partial charge >= 0.3 is 5.97 Å².